The van der Waals surface area contributed by atoms with Gasteiger partial charge in [-0.05, 0) is 55.3 Å². The van der Waals surface area contributed by atoms with Gasteiger partial charge in [-0.2, -0.15) is 8.78 Å². The van der Waals surface area contributed by atoms with Crippen LogP contribution in [0.3, 0.4) is 0 Å². The summed E-state index contributed by atoms with van der Waals surface area (Å²) in [5.74, 6) is -1.41. The van der Waals surface area contributed by atoms with Gasteiger partial charge in [0.1, 0.15) is 11.3 Å². The molecule has 0 saturated carbocycles. The number of carbonyl (C=O) groups excluding carboxylic acids is 2. The van der Waals surface area contributed by atoms with Crippen molar-refractivity contribution in [2.45, 2.75) is 26.9 Å². The monoisotopic (exact) mass is 437 g/mol. The van der Waals surface area contributed by atoms with Crippen LogP contribution in [0.5, 0.6) is 5.75 Å². The van der Waals surface area contributed by atoms with Gasteiger partial charge in [-0.15, -0.1) is 0 Å². The number of nitrogens with one attached hydrogen (secondary N) is 1. The lowest BCUT2D eigenvalue weighted by Crippen LogP contribution is -2.21. The van der Waals surface area contributed by atoms with Crippen LogP contribution < -0.4 is 10.1 Å². The summed E-state index contributed by atoms with van der Waals surface area (Å²) in [6.45, 7) is 0.408. The molecule has 0 aliphatic rings. The molecular formula is C21H18ClF2NO5. The number of alkyl halides is 2. The minimum Gasteiger partial charge on any atom is -0.464 e. The molecule has 0 spiro atoms. The first-order valence-corrected chi connectivity index (χ1v) is 9.28. The van der Waals surface area contributed by atoms with Crippen molar-refractivity contribution in [2.75, 3.05) is 11.9 Å². The number of carbonyl (C=O) groups is 2. The van der Waals surface area contributed by atoms with Crippen LogP contribution in [0.15, 0.2) is 41.0 Å². The molecule has 9 heteroatoms. The van der Waals surface area contributed by atoms with Gasteiger partial charge in [-0.25, -0.2) is 0 Å². The molecule has 2 aromatic carbocycles. The Balaban J connectivity index is 1.54. The smallest absolute Gasteiger partial charge is 0.387 e. The van der Waals surface area contributed by atoms with E-state index in [0.717, 1.165) is 16.5 Å². The fraction of sp³-hybridized carbons (Fsp3) is 0.238. The Hall–Kier alpha value is -3.13. The van der Waals surface area contributed by atoms with Gasteiger partial charge in [0.25, 0.3) is 5.91 Å². The van der Waals surface area contributed by atoms with Crippen molar-refractivity contribution in [3.05, 3.63) is 58.3 Å². The standard InChI is InChI=1S/C21H18ClF2NO5/c1-11-5-15-13(9-28-18(15)6-12(11)2)7-20(27)29-10-19(26)25-14-3-4-17(16(22)8-14)30-21(23)24/h3-6,8-9,21H,7,10H2,1-2H3,(H,25,26). The maximum absolute atomic E-state index is 12.2. The molecule has 0 bridgehead atoms. The highest BCUT2D eigenvalue weighted by atomic mass is 35.5. The normalized spacial score (nSPS) is 11.0. The van der Waals surface area contributed by atoms with E-state index in [-0.39, 0.29) is 22.9 Å². The first kappa shape index (κ1) is 21.6. The van der Waals surface area contributed by atoms with E-state index in [2.05, 4.69) is 10.1 Å². The largest absolute Gasteiger partial charge is 0.464 e. The quantitative estimate of drug-likeness (QED) is 0.524. The van der Waals surface area contributed by atoms with Crippen LogP contribution in [-0.4, -0.2) is 25.1 Å². The number of aryl methyl sites for hydroxylation is 2. The van der Waals surface area contributed by atoms with E-state index >= 15 is 0 Å². The molecule has 0 aliphatic carbocycles. The minimum atomic E-state index is -3.01. The van der Waals surface area contributed by atoms with Gasteiger partial charge in [-0.3, -0.25) is 9.59 Å². The Labute approximate surface area is 175 Å². The molecule has 0 atom stereocenters. The average molecular weight is 438 g/mol. The molecule has 3 rings (SSSR count). The summed E-state index contributed by atoms with van der Waals surface area (Å²) in [5.41, 5.74) is 3.74. The molecular weight excluding hydrogens is 420 g/mol. The lowest BCUT2D eigenvalue weighted by atomic mass is 10.0. The van der Waals surface area contributed by atoms with Gasteiger partial charge < -0.3 is 19.2 Å². The van der Waals surface area contributed by atoms with Crippen molar-refractivity contribution >= 4 is 40.1 Å². The Morgan fingerprint density at radius 1 is 1.17 bits per heavy atom. The van der Waals surface area contributed by atoms with Gasteiger partial charge in [0, 0.05) is 16.6 Å². The van der Waals surface area contributed by atoms with Crippen LogP contribution in [0.25, 0.3) is 11.0 Å². The Bertz CT molecular complexity index is 1100. The van der Waals surface area contributed by atoms with Crippen LogP contribution >= 0.6 is 11.6 Å². The minimum absolute atomic E-state index is 0.0473. The number of halogens is 3. The van der Waals surface area contributed by atoms with Crippen LogP contribution in [0, 0.1) is 13.8 Å². The molecule has 1 heterocycles. The molecule has 30 heavy (non-hydrogen) atoms. The molecule has 0 unspecified atom stereocenters. The van der Waals surface area contributed by atoms with Gasteiger partial charge in [-0.1, -0.05) is 11.6 Å². The van der Waals surface area contributed by atoms with E-state index in [9.17, 15) is 18.4 Å². The van der Waals surface area contributed by atoms with Crippen LogP contribution in [-0.2, 0) is 20.7 Å². The van der Waals surface area contributed by atoms with E-state index in [4.69, 9.17) is 20.8 Å². The number of rotatable bonds is 7. The topological polar surface area (TPSA) is 77.8 Å². The molecule has 0 fully saturated rings. The summed E-state index contributed by atoms with van der Waals surface area (Å²) in [4.78, 5) is 24.1. The fourth-order valence-corrected chi connectivity index (χ4v) is 3.02. The van der Waals surface area contributed by atoms with Crippen LogP contribution in [0.4, 0.5) is 14.5 Å². The number of furan rings is 1. The van der Waals surface area contributed by atoms with Gasteiger partial charge in [0.2, 0.25) is 0 Å². The van der Waals surface area contributed by atoms with Crippen molar-refractivity contribution in [2.24, 2.45) is 0 Å². The van der Waals surface area contributed by atoms with Gasteiger partial charge in [0.15, 0.2) is 6.61 Å². The first-order chi connectivity index (χ1) is 14.2. The third kappa shape index (κ3) is 5.27. The zero-order chi connectivity index (χ0) is 21.8. The number of benzene rings is 2. The number of ether oxygens (including phenoxy) is 2. The number of hydrogen-bond acceptors (Lipinski definition) is 5. The van der Waals surface area contributed by atoms with Crippen molar-refractivity contribution < 1.29 is 32.3 Å². The van der Waals surface area contributed by atoms with E-state index in [1.165, 1.54) is 24.5 Å². The Morgan fingerprint density at radius 3 is 2.60 bits per heavy atom. The van der Waals surface area contributed by atoms with Crippen molar-refractivity contribution in [3.63, 3.8) is 0 Å². The maximum Gasteiger partial charge on any atom is 0.387 e. The zero-order valence-corrected chi connectivity index (χ0v) is 16.9. The fourth-order valence-electron chi connectivity index (χ4n) is 2.79. The molecule has 0 saturated heterocycles. The van der Waals surface area contributed by atoms with Crippen LogP contribution in [0.1, 0.15) is 16.7 Å². The summed E-state index contributed by atoms with van der Waals surface area (Å²) in [5, 5.41) is 3.18. The van der Waals surface area contributed by atoms with Crippen molar-refractivity contribution in [1.29, 1.82) is 0 Å². The molecule has 158 valence electrons. The molecule has 0 radical (unpaired) electrons. The second kappa shape index (κ2) is 9.13. The third-order valence-corrected chi connectivity index (χ3v) is 4.70. The second-order valence-corrected chi connectivity index (χ2v) is 7.01. The number of fused-ring (bicyclic) bond motifs is 1. The lowest BCUT2D eigenvalue weighted by Gasteiger charge is -2.10. The predicted octanol–water partition coefficient (Wildman–Crippen LogP) is 5.03. The van der Waals surface area contributed by atoms with Gasteiger partial charge >= 0.3 is 12.6 Å². The highest BCUT2D eigenvalue weighted by molar-refractivity contribution is 6.32. The average Bonchev–Trinajstić information content (AvgIpc) is 3.04. The van der Waals surface area contributed by atoms with Crippen LogP contribution in [0.2, 0.25) is 5.02 Å². The lowest BCUT2D eigenvalue weighted by molar-refractivity contribution is -0.146. The third-order valence-electron chi connectivity index (χ3n) is 4.40. The summed E-state index contributed by atoms with van der Waals surface area (Å²) in [7, 11) is 0. The zero-order valence-electron chi connectivity index (χ0n) is 16.1. The summed E-state index contributed by atoms with van der Waals surface area (Å²) >= 11 is 5.83. The van der Waals surface area contributed by atoms with E-state index < -0.39 is 25.1 Å². The summed E-state index contributed by atoms with van der Waals surface area (Å²) in [6, 6.07) is 7.63. The van der Waals surface area contributed by atoms with E-state index in [0.29, 0.717) is 11.1 Å². The summed E-state index contributed by atoms with van der Waals surface area (Å²) < 4.78 is 39.2. The van der Waals surface area contributed by atoms with E-state index in [1.807, 2.05) is 26.0 Å². The second-order valence-electron chi connectivity index (χ2n) is 6.60. The van der Waals surface area contributed by atoms with E-state index in [1.54, 1.807) is 0 Å². The number of esters is 1. The highest BCUT2D eigenvalue weighted by Crippen LogP contribution is 2.29. The SMILES string of the molecule is Cc1cc2occ(CC(=O)OCC(=O)Nc3ccc(OC(F)F)c(Cl)c3)c2cc1C. The Morgan fingerprint density at radius 2 is 1.90 bits per heavy atom. The Kier molecular flexibility index (Phi) is 6.56. The van der Waals surface area contributed by atoms with Crippen molar-refractivity contribution in [3.8, 4) is 5.75 Å². The van der Waals surface area contributed by atoms with Crippen molar-refractivity contribution in [1.82, 2.24) is 0 Å². The highest BCUT2D eigenvalue weighted by Gasteiger charge is 2.15. The predicted molar refractivity (Wildman–Crippen MR) is 107 cm³/mol. The maximum atomic E-state index is 12.2. The van der Waals surface area contributed by atoms with Gasteiger partial charge in [0.05, 0.1) is 17.7 Å². The first-order valence-electron chi connectivity index (χ1n) is 8.90. The number of amides is 1. The molecule has 1 amide bonds. The summed E-state index contributed by atoms with van der Waals surface area (Å²) in [6.07, 6.45) is 1.45. The number of anilines is 1. The molecule has 6 nitrogen and oxygen atoms in total. The molecule has 1 N–H and O–H groups in total. The number of hydrogen-bond donors (Lipinski definition) is 1. The molecule has 1 aromatic heterocycles. The molecule has 3 aromatic rings. The molecule has 0 aliphatic heterocycles.